The van der Waals surface area contributed by atoms with E-state index in [2.05, 4.69) is 30.4 Å². The van der Waals surface area contributed by atoms with E-state index in [1.807, 2.05) is 0 Å². The van der Waals surface area contributed by atoms with E-state index in [1.165, 1.54) is 27.5 Å². The highest BCUT2D eigenvalue weighted by Crippen LogP contribution is 2.20. The summed E-state index contributed by atoms with van der Waals surface area (Å²) in [5.74, 6) is -0.501. The fourth-order valence-electron chi connectivity index (χ4n) is 2.05. The quantitative estimate of drug-likeness (QED) is 0.344. The maximum absolute atomic E-state index is 13.3. The van der Waals surface area contributed by atoms with Gasteiger partial charge in [-0.1, -0.05) is 11.2 Å². The molecule has 0 bridgehead atoms. The van der Waals surface area contributed by atoms with Crippen molar-refractivity contribution in [3.8, 4) is 0 Å². The summed E-state index contributed by atoms with van der Waals surface area (Å²) in [6.07, 6.45) is 0. The number of halogens is 1. The monoisotopic (exact) mass is 307 g/mol. The summed E-state index contributed by atoms with van der Waals surface area (Å²) in [6.45, 7) is 5.43. The largest absolute Gasteiger partial charge is 0.409 e. The lowest BCUT2D eigenvalue weighted by Crippen LogP contribution is -2.20. The normalized spacial score (nSPS) is 11.9. The smallest absolute Gasteiger partial charge is 0.170 e. The van der Waals surface area contributed by atoms with Gasteiger partial charge in [-0.2, -0.15) is 0 Å². The lowest BCUT2D eigenvalue weighted by molar-refractivity contribution is 0.318. The molecule has 0 aliphatic rings. The second kappa shape index (κ2) is 6.69. The second-order valence-corrected chi connectivity index (χ2v) is 6.18. The topological polar surface area (TPSA) is 70.6 Å². The minimum absolute atomic E-state index is 0.0888. The fraction of sp³-hybridized carbons (Fsp3) is 0.267. The van der Waals surface area contributed by atoms with Crippen LogP contribution in [0.15, 0.2) is 29.4 Å². The first-order valence-electron chi connectivity index (χ1n) is 6.54. The van der Waals surface area contributed by atoms with Gasteiger partial charge < -0.3 is 16.3 Å². The van der Waals surface area contributed by atoms with Gasteiger partial charge in [0.2, 0.25) is 0 Å². The van der Waals surface area contributed by atoms with Gasteiger partial charge in [-0.05, 0) is 43.2 Å². The van der Waals surface area contributed by atoms with E-state index in [9.17, 15) is 4.39 Å². The number of benzene rings is 1. The zero-order chi connectivity index (χ0) is 15.4. The van der Waals surface area contributed by atoms with Crippen molar-refractivity contribution in [2.24, 2.45) is 10.9 Å². The van der Waals surface area contributed by atoms with Gasteiger partial charge in [0.05, 0.1) is 0 Å². The summed E-state index contributed by atoms with van der Waals surface area (Å²) in [5, 5.41) is 15.0. The van der Waals surface area contributed by atoms with Crippen LogP contribution < -0.4 is 11.1 Å². The summed E-state index contributed by atoms with van der Waals surface area (Å²) in [6, 6.07) is 6.43. The molecule has 2 aromatic rings. The molecule has 4 nitrogen and oxygen atoms in total. The van der Waals surface area contributed by atoms with Gasteiger partial charge in [0.15, 0.2) is 5.84 Å². The highest BCUT2D eigenvalue weighted by atomic mass is 32.1. The van der Waals surface area contributed by atoms with Crippen molar-refractivity contribution in [3.05, 3.63) is 56.5 Å². The number of thiophene rings is 1. The maximum atomic E-state index is 13.3. The van der Waals surface area contributed by atoms with Gasteiger partial charge >= 0.3 is 0 Å². The summed E-state index contributed by atoms with van der Waals surface area (Å²) in [5.41, 5.74) is 8.06. The van der Waals surface area contributed by atoms with E-state index in [0.29, 0.717) is 12.1 Å². The predicted molar refractivity (Wildman–Crippen MR) is 83.2 cm³/mol. The van der Waals surface area contributed by atoms with Crippen molar-refractivity contribution >= 4 is 17.2 Å². The van der Waals surface area contributed by atoms with Crippen LogP contribution in [0.25, 0.3) is 0 Å². The van der Waals surface area contributed by atoms with E-state index in [-0.39, 0.29) is 5.84 Å². The van der Waals surface area contributed by atoms with Crippen LogP contribution in [0.4, 0.5) is 4.39 Å². The van der Waals surface area contributed by atoms with E-state index in [4.69, 9.17) is 10.9 Å². The molecule has 1 aromatic carbocycles. The van der Waals surface area contributed by atoms with E-state index in [0.717, 1.165) is 12.1 Å². The summed E-state index contributed by atoms with van der Waals surface area (Å²) in [7, 11) is 0. The third-order valence-corrected chi connectivity index (χ3v) is 4.44. The Labute approximate surface area is 127 Å². The van der Waals surface area contributed by atoms with Crippen molar-refractivity contribution in [2.75, 3.05) is 0 Å². The van der Waals surface area contributed by atoms with Crippen LogP contribution in [0.1, 0.15) is 26.4 Å². The molecule has 0 saturated heterocycles. The third kappa shape index (κ3) is 3.80. The van der Waals surface area contributed by atoms with Gasteiger partial charge in [0, 0.05) is 28.4 Å². The molecule has 1 aromatic heterocycles. The highest BCUT2D eigenvalue weighted by Gasteiger charge is 2.09. The molecule has 0 atom stereocenters. The molecule has 0 fully saturated rings. The Morgan fingerprint density at radius 1 is 1.33 bits per heavy atom. The molecule has 112 valence electrons. The third-order valence-electron chi connectivity index (χ3n) is 3.29. The first-order valence-corrected chi connectivity index (χ1v) is 7.36. The van der Waals surface area contributed by atoms with Crippen molar-refractivity contribution in [1.82, 2.24) is 5.32 Å². The average Bonchev–Trinajstić information content (AvgIpc) is 2.78. The average molecular weight is 307 g/mol. The molecule has 0 saturated carbocycles. The molecule has 0 aliphatic heterocycles. The first kappa shape index (κ1) is 15.5. The van der Waals surface area contributed by atoms with Crippen LogP contribution >= 0.6 is 11.3 Å². The Morgan fingerprint density at radius 2 is 2.10 bits per heavy atom. The number of hydrogen-bond donors (Lipinski definition) is 3. The molecular formula is C15H18FN3OS. The molecule has 21 heavy (non-hydrogen) atoms. The number of nitrogens with one attached hydrogen (secondary N) is 1. The van der Waals surface area contributed by atoms with Gasteiger partial charge in [-0.15, -0.1) is 11.3 Å². The van der Waals surface area contributed by atoms with Crippen LogP contribution in [-0.2, 0) is 13.1 Å². The Hall–Kier alpha value is -1.92. The number of amidine groups is 1. The molecule has 0 radical (unpaired) electrons. The Bertz CT molecular complexity index is 647. The number of nitrogens with zero attached hydrogens (tertiary/aromatic N) is 1. The lowest BCUT2D eigenvalue weighted by atomic mass is 10.1. The van der Waals surface area contributed by atoms with E-state index in [1.54, 1.807) is 17.4 Å². The minimum atomic E-state index is -0.412. The highest BCUT2D eigenvalue weighted by molar-refractivity contribution is 7.12. The van der Waals surface area contributed by atoms with E-state index >= 15 is 0 Å². The zero-order valence-electron chi connectivity index (χ0n) is 12.0. The lowest BCUT2D eigenvalue weighted by Gasteiger charge is -2.09. The van der Waals surface area contributed by atoms with Crippen LogP contribution in [-0.4, -0.2) is 11.0 Å². The van der Waals surface area contributed by atoms with Crippen LogP contribution in [0, 0.1) is 19.7 Å². The number of rotatable bonds is 5. The minimum Gasteiger partial charge on any atom is -0.409 e. The molecule has 0 amide bonds. The van der Waals surface area contributed by atoms with Crippen LogP contribution in [0.5, 0.6) is 0 Å². The van der Waals surface area contributed by atoms with Crippen molar-refractivity contribution in [1.29, 1.82) is 0 Å². The standard InChI is InChI=1S/C15H18FN3OS/c1-9-5-13(21-10(9)2)8-18-7-11-3-4-12(16)6-14(11)15(17)19-20/h3-6,18,20H,7-8H2,1-2H3,(H2,17,19). The van der Waals surface area contributed by atoms with Crippen molar-refractivity contribution in [2.45, 2.75) is 26.9 Å². The van der Waals surface area contributed by atoms with Crippen LogP contribution in [0.2, 0.25) is 0 Å². The van der Waals surface area contributed by atoms with Gasteiger partial charge in [-0.25, -0.2) is 4.39 Å². The Kier molecular flexibility index (Phi) is 4.93. The van der Waals surface area contributed by atoms with E-state index < -0.39 is 5.82 Å². The molecule has 6 heteroatoms. The van der Waals surface area contributed by atoms with Crippen molar-refractivity contribution < 1.29 is 9.60 Å². The number of nitrogens with two attached hydrogens (primary N) is 1. The second-order valence-electron chi connectivity index (χ2n) is 4.84. The molecule has 1 heterocycles. The molecule has 0 aliphatic carbocycles. The number of aryl methyl sites for hydroxylation is 2. The first-order chi connectivity index (χ1) is 10.0. The van der Waals surface area contributed by atoms with Gasteiger partial charge in [0.25, 0.3) is 0 Å². The molecule has 0 unspecified atom stereocenters. The predicted octanol–water partition coefficient (Wildman–Crippen LogP) is 2.89. The van der Waals surface area contributed by atoms with Crippen LogP contribution in [0.3, 0.4) is 0 Å². The summed E-state index contributed by atoms with van der Waals surface area (Å²) < 4.78 is 13.3. The molecule has 0 spiro atoms. The van der Waals surface area contributed by atoms with Gasteiger partial charge in [0.1, 0.15) is 5.82 Å². The molecule has 2 rings (SSSR count). The maximum Gasteiger partial charge on any atom is 0.170 e. The molecule has 4 N–H and O–H groups in total. The Morgan fingerprint density at radius 3 is 2.71 bits per heavy atom. The van der Waals surface area contributed by atoms with Gasteiger partial charge in [-0.3, -0.25) is 0 Å². The zero-order valence-corrected chi connectivity index (χ0v) is 12.8. The number of oxime groups is 1. The summed E-state index contributed by atoms with van der Waals surface area (Å²) >= 11 is 1.76. The summed E-state index contributed by atoms with van der Waals surface area (Å²) in [4.78, 5) is 2.56. The molecular weight excluding hydrogens is 289 g/mol. The Balaban J connectivity index is 2.06. The fourth-order valence-corrected chi connectivity index (χ4v) is 3.08. The number of hydrogen-bond acceptors (Lipinski definition) is 4. The SMILES string of the molecule is Cc1cc(CNCc2ccc(F)cc2C(N)=NO)sc1C. The van der Waals surface area contributed by atoms with Crippen molar-refractivity contribution in [3.63, 3.8) is 0 Å².